The molecule has 1 N–H and O–H groups in total. The van der Waals surface area contributed by atoms with Gasteiger partial charge in [0.05, 0.1) is 19.1 Å². The number of anilines is 1. The molecule has 7 heteroatoms. The summed E-state index contributed by atoms with van der Waals surface area (Å²) in [6.07, 6.45) is 1.47. The van der Waals surface area contributed by atoms with Gasteiger partial charge >= 0.3 is 0 Å². The fraction of sp³-hybridized carbons (Fsp3) is 0.350. The molecule has 2 aromatic rings. The molecule has 0 aliphatic rings. The second kappa shape index (κ2) is 8.90. The van der Waals surface area contributed by atoms with Crippen LogP contribution >= 0.6 is 0 Å². The Morgan fingerprint density at radius 2 is 1.70 bits per heavy atom. The van der Waals surface area contributed by atoms with E-state index in [0.29, 0.717) is 18.7 Å². The lowest BCUT2D eigenvalue weighted by Gasteiger charge is -2.30. The van der Waals surface area contributed by atoms with E-state index in [1.54, 1.807) is 26.2 Å². The van der Waals surface area contributed by atoms with Crippen molar-refractivity contribution in [2.75, 3.05) is 17.7 Å². The molecule has 0 spiro atoms. The van der Waals surface area contributed by atoms with Gasteiger partial charge in [0.15, 0.2) is 0 Å². The van der Waals surface area contributed by atoms with Gasteiger partial charge in [-0.05, 0) is 43.2 Å². The zero-order valence-electron chi connectivity index (χ0n) is 16.1. The van der Waals surface area contributed by atoms with E-state index < -0.39 is 16.1 Å². The van der Waals surface area contributed by atoms with Crippen molar-refractivity contribution in [1.82, 2.24) is 5.32 Å². The van der Waals surface area contributed by atoms with Crippen LogP contribution in [0.1, 0.15) is 24.5 Å². The number of carbonyl (C=O) groups excluding carboxylic acids is 1. The van der Waals surface area contributed by atoms with E-state index in [-0.39, 0.29) is 5.91 Å². The molecule has 0 unspecified atom stereocenters. The topological polar surface area (TPSA) is 75.7 Å². The fourth-order valence-corrected chi connectivity index (χ4v) is 4.01. The number of hydrogen-bond donors (Lipinski definition) is 1. The van der Waals surface area contributed by atoms with Crippen molar-refractivity contribution in [3.8, 4) is 5.75 Å². The number of carbonyl (C=O) groups is 1. The van der Waals surface area contributed by atoms with Crippen LogP contribution in [0.5, 0.6) is 5.75 Å². The van der Waals surface area contributed by atoms with Crippen LogP contribution in [0, 0.1) is 6.92 Å². The van der Waals surface area contributed by atoms with Gasteiger partial charge in [-0.2, -0.15) is 0 Å². The second-order valence-corrected chi connectivity index (χ2v) is 8.24. The van der Waals surface area contributed by atoms with Crippen LogP contribution in [0.25, 0.3) is 0 Å². The molecule has 1 atom stereocenters. The van der Waals surface area contributed by atoms with Gasteiger partial charge in [0.25, 0.3) is 0 Å². The summed E-state index contributed by atoms with van der Waals surface area (Å²) in [5.74, 6) is 0.401. The van der Waals surface area contributed by atoms with Crippen molar-refractivity contribution in [1.29, 1.82) is 0 Å². The summed E-state index contributed by atoms with van der Waals surface area (Å²) in [6, 6.07) is 13.6. The van der Waals surface area contributed by atoms with E-state index in [1.165, 1.54) is 4.31 Å². The summed E-state index contributed by atoms with van der Waals surface area (Å²) in [5.41, 5.74) is 2.40. The highest BCUT2D eigenvalue weighted by Gasteiger charge is 2.31. The summed E-state index contributed by atoms with van der Waals surface area (Å²) in [4.78, 5) is 12.8. The normalized spacial score (nSPS) is 12.3. The first-order chi connectivity index (χ1) is 12.8. The first-order valence-electron chi connectivity index (χ1n) is 8.73. The van der Waals surface area contributed by atoms with Crippen LogP contribution in [-0.2, 0) is 21.4 Å². The largest absolute Gasteiger partial charge is 0.497 e. The Kier molecular flexibility index (Phi) is 6.85. The number of methoxy groups -OCH3 is 1. The maximum atomic E-state index is 12.8. The molecule has 0 saturated heterocycles. The van der Waals surface area contributed by atoms with Gasteiger partial charge in [0.1, 0.15) is 11.8 Å². The number of amides is 1. The van der Waals surface area contributed by atoms with Gasteiger partial charge < -0.3 is 10.1 Å². The van der Waals surface area contributed by atoms with Gasteiger partial charge in [-0.3, -0.25) is 9.10 Å². The third-order valence-corrected chi connectivity index (χ3v) is 5.42. The average Bonchev–Trinajstić information content (AvgIpc) is 2.64. The zero-order valence-corrected chi connectivity index (χ0v) is 16.9. The van der Waals surface area contributed by atoms with Crippen LogP contribution in [0.2, 0.25) is 0 Å². The quantitative estimate of drug-likeness (QED) is 0.752. The Hall–Kier alpha value is -2.54. The van der Waals surface area contributed by atoms with E-state index in [4.69, 9.17) is 4.74 Å². The molecule has 146 valence electrons. The summed E-state index contributed by atoms with van der Waals surface area (Å²) >= 11 is 0. The molecule has 0 aliphatic carbocycles. The lowest BCUT2D eigenvalue weighted by molar-refractivity contribution is -0.122. The Labute approximate surface area is 161 Å². The SMILES string of the molecule is CC[C@H](C(=O)NCc1ccc(OC)cc1)N(c1ccc(C)cc1)S(C)(=O)=O. The molecular weight excluding hydrogens is 364 g/mol. The van der Waals surface area contributed by atoms with E-state index in [0.717, 1.165) is 23.1 Å². The second-order valence-electron chi connectivity index (χ2n) is 6.38. The van der Waals surface area contributed by atoms with Gasteiger partial charge in [0.2, 0.25) is 15.9 Å². The monoisotopic (exact) mass is 390 g/mol. The van der Waals surface area contributed by atoms with E-state index in [1.807, 2.05) is 43.3 Å². The highest BCUT2D eigenvalue weighted by Crippen LogP contribution is 2.23. The molecule has 0 aliphatic heterocycles. The maximum Gasteiger partial charge on any atom is 0.244 e. The average molecular weight is 391 g/mol. The van der Waals surface area contributed by atoms with Crippen molar-refractivity contribution in [2.24, 2.45) is 0 Å². The van der Waals surface area contributed by atoms with Crippen molar-refractivity contribution >= 4 is 21.6 Å². The Bertz CT molecular complexity index is 862. The lowest BCUT2D eigenvalue weighted by atomic mass is 10.1. The smallest absolute Gasteiger partial charge is 0.244 e. The van der Waals surface area contributed by atoms with E-state index >= 15 is 0 Å². The number of nitrogens with one attached hydrogen (secondary N) is 1. The fourth-order valence-electron chi connectivity index (χ4n) is 2.80. The molecule has 0 radical (unpaired) electrons. The minimum Gasteiger partial charge on any atom is -0.497 e. The number of ether oxygens (including phenoxy) is 1. The van der Waals surface area contributed by atoms with Crippen LogP contribution in [0.3, 0.4) is 0 Å². The first kappa shape index (κ1) is 20.8. The van der Waals surface area contributed by atoms with Gasteiger partial charge in [-0.15, -0.1) is 0 Å². The standard InChI is InChI=1S/C20H26N2O4S/c1-5-19(20(23)21-14-16-8-12-18(26-3)13-9-16)22(27(4,24)25)17-10-6-15(2)7-11-17/h6-13,19H,5,14H2,1-4H3,(H,21,23)/t19-/m1/s1. The van der Waals surface area contributed by atoms with Crippen LogP contribution in [-0.4, -0.2) is 33.7 Å². The molecule has 2 aromatic carbocycles. The molecule has 0 aromatic heterocycles. The van der Waals surface area contributed by atoms with Gasteiger partial charge in [0, 0.05) is 6.54 Å². The Balaban J connectivity index is 2.19. The number of sulfonamides is 1. The molecule has 0 fully saturated rings. The molecule has 0 heterocycles. The maximum absolute atomic E-state index is 12.8. The summed E-state index contributed by atoms with van der Waals surface area (Å²) in [5, 5.41) is 2.84. The minimum absolute atomic E-state index is 0.310. The predicted octanol–water partition coefficient (Wildman–Crippen LogP) is 2.86. The summed E-state index contributed by atoms with van der Waals surface area (Å²) in [6.45, 7) is 4.03. The molecule has 2 rings (SSSR count). The lowest BCUT2D eigenvalue weighted by Crippen LogP contribution is -2.49. The molecule has 6 nitrogen and oxygen atoms in total. The Morgan fingerprint density at radius 1 is 1.11 bits per heavy atom. The third-order valence-electron chi connectivity index (χ3n) is 4.24. The van der Waals surface area contributed by atoms with Crippen LogP contribution < -0.4 is 14.4 Å². The highest BCUT2D eigenvalue weighted by atomic mass is 32.2. The van der Waals surface area contributed by atoms with Crippen LogP contribution in [0.15, 0.2) is 48.5 Å². The molecule has 0 saturated carbocycles. The van der Waals surface area contributed by atoms with Crippen molar-refractivity contribution in [2.45, 2.75) is 32.9 Å². The number of hydrogen-bond acceptors (Lipinski definition) is 4. The Morgan fingerprint density at radius 3 is 2.19 bits per heavy atom. The summed E-state index contributed by atoms with van der Waals surface area (Å²) < 4.78 is 31.1. The first-order valence-corrected chi connectivity index (χ1v) is 10.6. The van der Waals surface area contributed by atoms with Crippen molar-refractivity contribution in [3.63, 3.8) is 0 Å². The third kappa shape index (κ3) is 5.47. The van der Waals surface area contributed by atoms with Gasteiger partial charge in [-0.25, -0.2) is 8.42 Å². The minimum atomic E-state index is -3.62. The van der Waals surface area contributed by atoms with Crippen molar-refractivity contribution in [3.05, 3.63) is 59.7 Å². The number of benzene rings is 2. The number of rotatable bonds is 8. The van der Waals surface area contributed by atoms with E-state index in [2.05, 4.69) is 5.32 Å². The van der Waals surface area contributed by atoms with Gasteiger partial charge in [-0.1, -0.05) is 36.8 Å². The molecular formula is C20H26N2O4S. The molecule has 0 bridgehead atoms. The van der Waals surface area contributed by atoms with Crippen molar-refractivity contribution < 1.29 is 17.9 Å². The summed E-state index contributed by atoms with van der Waals surface area (Å²) in [7, 11) is -2.03. The number of nitrogens with zero attached hydrogens (tertiary/aromatic N) is 1. The number of aryl methyl sites for hydroxylation is 1. The highest BCUT2D eigenvalue weighted by molar-refractivity contribution is 7.92. The van der Waals surface area contributed by atoms with E-state index in [9.17, 15) is 13.2 Å². The zero-order chi connectivity index (χ0) is 20.0. The predicted molar refractivity (Wildman–Crippen MR) is 107 cm³/mol. The molecule has 27 heavy (non-hydrogen) atoms. The molecule has 1 amide bonds. The van der Waals surface area contributed by atoms with Crippen LogP contribution in [0.4, 0.5) is 5.69 Å².